The zero-order valence-electron chi connectivity index (χ0n) is 13.8. The van der Waals surface area contributed by atoms with Crippen molar-refractivity contribution in [3.63, 3.8) is 0 Å². The van der Waals surface area contributed by atoms with Gasteiger partial charge in [-0.05, 0) is 48.0 Å². The fourth-order valence-electron chi connectivity index (χ4n) is 1.81. The van der Waals surface area contributed by atoms with Crippen LogP contribution in [-0.4, -0.2) is 34.9 Å². The lowest BCUT2D eigenvalue weighted by Gasteiger charge is -2.11. The van der Waals surface area contributed by atoms with Crippen LogP contribution in [0.25, 0.3) is 0 Å². The number of amides is 1. The van der Waals surface area contributed by atoms with Crippen molar-refractivity contribution in [2.75, 3.05) is 14.2 Å². The summed E-state index contributed by atoms with van der Waals surface area (Å²) in [6, 6.07) is 10.0. The van der Waals surface area contributed by atoms with Gasteiger partial charge in [-0.1, -0.05) is 11.6 Å². The average molecular weight is 399 g/mol. The van der Waals surface area contributed by atoms with Crippen molar-refractivity contribution in [2.24, 2.45) is 5.10 Å². The molecule has 0 saturated carbocycles. The number of rotatable bonds is 6. The SMILES string of the molecule is COC(=O)NN=Cc1ccc(OS(=O)(=O)c2ccc(Cl)cc2)c(OC)c1. The van der Waals surface area contributed by atoms with E-state index < -0.39 is 16.2 Å². The monoisotopic (exact) mass is 398 g/mol. The maximum Gasteiger partial charge on any atom is 0.427 e. The van der Waals surface area contributed by atoms with Crippen LogP contribution in [-0.2, 0) is 14.9 Å². The molecule has 10 heteroatoms. The lowest BCUT2D eigenvalue weighted by Crippen LogP contribution is -2.16. The van der Waals surface area contributed by atoms with Crippen molar-refractivity contribution < 1.29 is 26.9 Å². The van der Waals surface area contributed by atoms with Crippen LogP contribution in [0.5, 0.6) is 11.5 Å². The Balaban J connectivity index is 2.21. The molecule has 0 aromatic heterocycles. The Morgan fingerprint density at radius 1 is 1.12 bits per heavy atom. The minimum absolute atomic E-state index is 0.000488. The number of hydrogen-bond acceptors (Lipinski definition) is 7. The molecule has 138 valence electrons. The molecule has 1 N–H and O–H groups in total. The number of nitrogens with one attached hydrogen (secondary N) is 1. The molecule has 0 bridgehead atoms. The average Bonchev–Trinajstić information content (AvgIpc) is 2.62. The minimum atomic E-state index is -4.05. The second-order valence-corrected chi connectivity index (χ2v) is 6.75. The number of ether oxygens (including phenoxy) is 2. The highest BCUT2D eigenvalue weighted by atomic mass is 35.5. The van der Waals surface area contributed by atoms with Crippen molar-refractivity contribution in [1.29, 1.82) is 0 Å². The van der Waals surface area contributed by atoms with E-state index in [-0.39, 0.29) is 16.4 Å². The normalized spacial score (nSPS) is 11.2. The van der Waals surface area contributed by atoms with Crippen molar-refractivity contribution in [1.82, 2.24) is 5.43 Å². The maximum absolute atomic E-state index is 12.3. The number of carbonyl (C=O) groups excluding carboxylic acids is 1. The first-order valence-electron chi connectivity index (χ1n) is 7.11. The smallest absolute Gasteiger partial charge is 0.427 e. The highest BCUT2D eigenvalue weighted by Crippen LogP contribution is 2.30. The number of benzene rings is 2. The van der Waals surface area contributed by atoms with Gasteiger partial charge in [-0.15, -0.1) is 0 Å². The van der Waals surface area contributed by atoms with E-state index in [4.69, 9.17) is 20.5 Å². The number of hydrogen-bond donors (Lipinski definition) is 1. The summed E-state index contributed by atoms with van der Waals surface area (Å²) >= 11 is 5.76. The Kier molecular flexibility index (Phi) is 6.42. The lowest BCUT2D eigenvalue weighted by atomic mass is 10.2. The summed E-state index contributed by atoms with van der Waals surface area (Å²) in [6.07, 6.45) is 0.610. The van der Waals surface area contributed by atoms with Gasteiger partial charge in [-0.2, -0.15) is 13.5 Å². The van der Waals surface area contributed by atoms with Crippen LogP contribution in [0.1, 0.15) is 5.56 Å². The number of methoxy groups -OCH3 is 2. The van der Waals surface area contributed by atoms with Crippen molar-refractivity contribution in [3.8, 4) is 11.5 Å². The van der Waals surface area contributed by atoms with E-state index >= 15 is 0 Å². The quantitative estimate of drug-likeness (QED) is 0.456. The Morgan fingerprint density at radius 3 is 2.42 bits per heavy atom. The van der Waals surface area contributed by atoms with Crippen LogP contribution in [0.4, 0.5) is 4.79 Å². The van der Waals surface area contributed by atoms with Crippen LogP contribution < -0.4 is 14.3 Å². The Hall–Kier alpha value is -2.78. The third kappa shape index (κ3) is 5.11. The van der Waals surface area contributed by atoms with E-state index in [1.165, 1.54) is 62.9 Å². The predicted octanol–water partition coefficient (Wildman–Crippen LogP) is 2.81. The third-order valence-electron chi connectivity index (χ3n) is 3.04. The van der Waals surface area contributed by atoms with Crippen molar-refractivity contribution in [3.05, 3.63) is 53.1 Å². The summed E-state index contributed by atoms with van der Waals surface area (Å²) in [5.41, 5.74) is 2.66. The summed E-state index contributed by atoms with van der Waals surface area (Å²) in [5, 5.41) is 4.08. The molecule has 26 heavy (non-hydrogen) atoms. The summed E-state index contributed by atoms with van der Waals surface area (Å²) < 4.78 is 39.3. The van der Waals surface area contributed by atoms with Gasteiger partial charge in [0.05, 0.1) is 20.4 Å². The largest absolute Gasteiger partial charge is 0.493 e. The highest BCUT2D eigenvalue weighted by Gasteiger charge is 2.19. The molecule has 2 aromatic rings. The number of hydrazone groups is 1. The highest BCUT2D eigenvalue weighted by molar-refractivity contribution is 7.87. The first-order chi connectivity index (χ1) is 12.4. The standard InChI is InChI=1S/C16H15ClN2O6S/c1-23-15-9-11(10-18-19-16(20)24-2)3-8-14(15)25-26(21,22)13-6-4-12(17)5-7-13/h3-10H,1-2H3,(H,19,20). The molecule has 0 aliphatic heterocycles. The van der Waals surface area contributed by atoms with Gasteiger partial charge in [-0.3, -0.25) is 0 Å². The molecule has 2 rings (SSSR count). The molecule has 0 heterocycles. The molecule has 0 unspecified atom stereocenters. The van der Waals surface area contributed by atoms with Gasteiger partial charge in [0, 0.05) is 5.02 Å². The molecular weight excluding hydrogens is 384 g/mol. The zero-order valence-corrected chi connectivity index (χ0v) is 15.4. The number of carbonyl (C=O) groups is 1. The van der Waals surface area contributed by atoms with Gasteiger partial charge in [0.2, 0.25) is 0 Å². The Morgan fingerprint density at radius 2 is 1.81 bits per heavy atom. The van der Waals surface area contributed by atoms with Crippen LogP contribution >= 0.6 is 11.6 Å². The number of halogens is 1. The van der Waals surface area contributed by atoms with E-state index in [0.29, 0.717) is 10.6 Å². The Labute approximate surface area is 155 Å². The molecule has 1 amide bonds. The first kappa shape index (κ1) is 19.5. The molecule has 0 aliphatic rings. The van der Waals surface area contributed by atoms with Gasteiger partial charge >= 0.3 is 16.2 Å². The fourth-order valence-corrected chi connectivity index (χ4v) is 2.87. The maximum atomic E-state index is 12.3. The molecule has 0 spiro atoms. The first-order valence-corrected chi connectivity index (χ1v) is 8.89. The molecule has 0 aliphatic carbocycles. The second-order valence-electron chi connectivity index (χ2n) is 4.76. The molecule has 2 aromatic carbocycles. The van der Waals surface area contributed by atoms with Gasteiger partial charge in [0.1, 0.15) is 4.90 Å². The lowest BCUT2D eigenvalue weighted by molar-refractivity contribution is 0.171. The van der Waals surface area contributed by atoms with Gasteiger partial charge in [-0.25, -0.2) is 10.2 Å². The van der Waals surface area contributed by atoms with Crippen LogP contribution in [0.2, 0.25) is 5.02 Å². The van der Waals surface area contributed by atoms with Gasteiger partial charge in [0.15, 0.2) is 11.5 Å². The molecule has 0 atom stereocenters. The molecule has 0 fully saturated rings. The molecule has 8 nitrogen and oxygen atoms in total. The van der Waals surface area contributed by atoms with Crippen molar-refractivity contribution >= 4 is 34.0 Å². The second kappa shape index (κ2) is 8.54. The summed E-state index contributed by atoms with van der Waals surface area (Å²) in [6.45, 7) is 0. The van der Waals surface area contributed by atoms with Crippen LogP contribution in [0, 0.1) is 0 Å². The van der Waals surface area contributed by atoms with Gasteiger partial charge < -0.3 is 13.7 Å². The van der Waals surface area contributed by atoms with Crippen LogP contribution in [0.3, 0.4) is 0 Å². The van der Waals surface area contributed by atoms with E-state index in [1.54, 1.807) is 0 Å². The topological polar surface area (TPSA) is 103 Å². The van der Waals surface area contributed by atoms with E-state index in [2.05, 4.69) is 15.3 Å². The Bertz CT molecular complexity index is 913. The predicted molar refractivity (Wildman–Crippen MR) is 95.4 cm³/mol. The summed E-state index contributed by atoms with van der Waals surface area (Å²) in [7, 11) is -1.48. The molecule has 0 radical (unpaired) electrons. The van der Waals surface area contributed by atoms with Gasteiger partial charge in [0.25, 0.3) is 0 Å². The van der Waals surface area contributed by atoms with Crippen molar-refractivity contribution in [2.45, 2.75) is 4.90 Å². The zero-order chi connectivity index (χ0) is 19.2. The fraction of sp³-hybridized carbons (Fsp3) is 0.125. The number of nitrogens with zero attached hydrogens (tertiary/aromatic N) is 1. The van der Waals surface area contributed by atoms with E-state index in [1.807, 2.05) is 0 Å². The summed E-state index contributed by atoms with van der Waals surface area (Å²) in [5.74, 6) is 0.171. The van der Waals surface area contributed by atoms with E-state index in [9.17, 15) is 13.2 Å². The summed E-state index contributed by atoms with van der Waals surface area (Å²) in [4.78, 5) is 10.9. The van der Waals surface area contributed by atoms with E-state index in [0.717, 1.165) is 0 Å². The minimum Gasteiger partial charge on any atom is -0.493 e. The molecule has 0 saturated heterocycles. The third-order valence-corrected chi connectivity index (χ3v) is 4.54. The molecular formula is C16H15ClN2O6S. The van der Waals surface area contributed by atoms with Crippen LogP contribution in [0.15, 0.2) is 52.5 Å².